The second kappa shape index (κ2) is 7.50. The van der Waals surface area contributed by atoms with E-state index in [4.69, 9.17) is 10.4 Å². The lowest BCUT2D eigenvalue weighted by Gasteiger charge is -2.13. The van der Waals surface area contributed by atoms with Crippen LogP contribution in [0.5, 0.6) is 0 Å². The Bertz CT molecular complexity index is 557. The van der Waals surface area contributed by atoms with Crippen LogP contribution in [0, 0.1) is 17.1 Å². The van der Waals surface area contributed by atoms with Crippen molar-refractivity contribution in [1.82, 2.24) is 5.32 Å². The zero-order valence-corrected chi connectivity index (χ0v) is 11.5. The van der Waals surface area contributed by atoms with Crippen molar-refractivity contribution in [2.45, 2.75) is 18.7 Å². The van der Waals surface area contributed by atoms with Crippen molar-refractivity contribution in [1.29, 1.82) is 5.26 Å². The standard InChI is InChI=1S/C13H13FN2O3S/c1-8(17)16-12(13(18)19)7-20-6-9-2-3-11(14)4-10(9)5-15/h2-4,12H,6-7H2,1H3,(H,16,17)(H,18,19). The lowest BCUT2D eigenvalue weighted by atomic mass is 10.1. The molecule has 0 radical (unpaired) electrons. The lowest BCUT2D eigenvalue weighted by Crippen LogP contribution is -2.41. The molecule has 106 valence electrons. The van der Waals surface area contributed by atoms with Gasteiger partial charge in [0.1, 0.15) is 11.9 Å². The van der Waals surface area contributed by atoms with Crippen LogP contribution in [0.4, 0.5) is 4.39 Å². The van der Waals surface area contributed by atoms with Crippen LogP contribution in [0.2, 0.25) is 0 Å². The summed E-state index contributed by atoms with van der Waals surface area (Å²) in [5.41, 5.74) is 0.856. The molecule has 0 bridgehead atoms. The van der Waals surface area contributed by atoms with Crippen molar-refractivity contribution in [3.63, 3.8) is 0 Å². The van der Waals surface area contributed by atoms with Crippen LogP contribution in [0.15, 0.2) is 18.2 Å². The van der Waals surface area contributed by atoms with Crippen molar-refractivity contribution in [2.24, 2.45) is 0 Å². The van der Waals surface area contributed by atoms with Gasteiger partial charge in [-0.3, -0.25) is 4.79 Å². The van der Waals surface area contributed by atoms with Crippen LogP contribution < -0.4 is 5.32 Å². The number of benzene rings is 1. The highest BCUT2D eigenvalue weighted by atomic mass is 32.2. The summed E-state index contributed by atoms with van der Waals surface area (Å²) < 4.78 is 13.0. The number of amides is 1. The molecule has 0 aliphatic heterocycles. The number of nitrogens with one attached hydrogen (secondary N) is 1. The first-order valence-electron chi connectivity index (χ1n) is 5.70. The van der Waals surface area contributed by atoms with Crippen molar-refractivity contribution >= 4 is 23.6 Å². The van der Waals surface area contributed by atoms with E-state index >= 15 is 0 Å². The summed E-state index contributed by atoms with van der Waals surface area (Å²) >= 11 is 1.25. The van der Waals surface area contributed by atoms with Crippen LogP contribution >= 0.6 is 11.8 Å². The van der Waals surface area contributed by atoms with Gasteiger partial charge in [0.2, 0.25) is 5.91 Å². The van der Waals surface area contributed by atoms with Gasteiger partial charge in [-0.15, -0.1) is 0 Å². The van der Waals surface area contributed by atoms with E-state index in [0.29, 0.717) is 11.3 Å². The van der Waals surface area contributed by atoms with Gasteiger partial charge >= 0.3 is 5.97 Å². The minimum Gasteiger partial charge on any atom is -0.480 e. The Kier molecular flexibility index (Phi) is 6.00. The second-order valence-corrected chi connectivity index (χ2v) is 5.05. The van der Waals surface area contributed by atoms with E-state index in [1.807, 2.05) is 6.07 Å². The average molecular weight is 296 g/mol. The molecule has 5 nitrogen and oxygen atoms in total. The van der Waals surface area contributed by atoms with Gasteiger partial charge in [-0.1, -0.05) is 6.07 Å². The molecule has 0 aromatic heterocycles. The largest absolute Gasteiger partial charge is 0.480 e. The molecule has 1 amide bonds. The zero-order chi connectivity index (χ0) is 15.1. The average Bonchev–Trinajstić information content (AvgIpc) is 2.38. The fourth-order valence-electron chi connectivity index (χ4n) is 1.49. The lowest BCUT2D eigenvalue weighted by molar-refractivity contribution is -0.140. The van der Waals surface area contributed by atoms with Gasteiger partial charge < -0.3 is 10.4 Å². The second-order valence-electron chi connectivity index (χ2n) is 4.02. The Morgan fingerprint density at radius 2 is 2.25 bits per heavy atom. The summed E-state index contributed by atoms with van der Waals surface area (Å²) in [6.07, 6.45) is 0. The Hall–Kier alpha value is -2.07. The number of thioether (sulfide) groups is 1. The zero-order valence-electron chi connectivity index (χ0n) is 10.7. The number of aliphatic carboxylic acids is 1. The third-order valence-corrected chi connectivity index (χ3v) is 3.49. The van der Waals surface area contributed by atoms with Gasteiger partial charge in [0.05, 0.1) is 11.6 Å². The first-order valence-corrected chi connectivity index (χ1v) is 6.85. The Balaban J connectivity index is 2.61. The molecule has 1 rings (SSSR count). The van der Waals surface area contributed by atoms with E-state index in [-0.39, 0.29) is 11.3 Å². The number of hydrogen-bond acceptors (Lipinski definition) is 4. The molecule has 1 aromatic carbocycles. The molecule has 0 heterocycles. The van der Waals surface area contributed by atoms with E-state index in [2.05, 4.69) is 5.32 Å². The highest BCUT2D eigenvalue weighted by molar-refractivity contribution is 7.98. The summed E-state index contributed by atoms with van der Waals surface area (Å²) in [5, 5.41) is 20.1. The minimum absolute atomic E-state index is 0.164. The predicted molar refractivity (Wildman–Crippen MR) is 72.5 cm³/mol. The summed E-state index contributed by atoms with van der Waals surface area (Å²) in [5.74, 6) is -1.49. The molecule has 1 aromatic rings. The third kappa shape index (κ3) is 4.90. The number of halogens is 1. The summed E-state index contributed by atoms with van der Waals surface area (Å²) in [6, 6.07) is 4.79. The SMILES string of the molecule is CC(=O)NC(CSCc1ccc(F)cc1C#N)C(=O)O. The molecule has 1 atom stereocenters. The van der Waals surface area contributed by atoms with Gasteiger partial charge in [0.15, 0.2) is 0 Å². The topological polar surface area (TPSA) is 90.2 Å². The molecule has 20 heavy (non-hydrogen) atoms. The van der Waals surface area contributed by atoms with E-state index in [0.717, 1.165) is 6.07 Å². The maximum absolute atomic E-state index is 13.0. The van der Waals surface area contributed by atoms with E-state index < -0.39 is 23.7 Å². The normalized spacial score (nSPS) is 11.4. The maximum atomic E-state index is 13.0. The smallest absolute Gasteiger partial charge is 0.327 e. The minimum atomic E-state index is -1.12. The highest BCUT2D eigenvalue weighted by Crippen LogP contribution is 2.18. The van der Waals surface area contributed by atoms with Gasteiger partial charge in [-0.25, -0.2) is 9.18 Å². The first kappa shape index (κ1) is 16.0. The summed E-state index contributed by atoms with van der Waals surface area (Å²) in [4.78, 5) is 21.8. The van der Waals surface area contributed by atoms with Gasteiger partial charge in [-0.2, -0.15) is 17.0 Å². The molecule has 1 unspecified atom stereocenters. The fourth-order valence-corrected chi connectivity index (χ4v) is 2.54. The summed E-state index contributed by atoms with van der Waals surface area (Å²) in [6.45, 7) is 1.24. The van der Waals surface area contributed by atoms with Gasteiger partial charge in [0.25, 0.3) is 0 Å². The molecular weight excluding hydrogens is 283 g/mol. The van der Waals surface area contributed by atoms with E-state index in [1.54, 1.807) is 0 Å². The van der Waals surface area contributed by atoms with Crippen LogP contribution in [0.1, 0.15) is 18.1 Å². The number of nitriles is 1. The molecule has 0 fully saturated rings. The monoisotopic (exact) mass is 296 g/mol. The van der Waals surface area contributed by atoms with E-state index in [1.165, 1.54) is 30.8 Å². The van der Waals surface area contributed by atoms with Crippen LogP contribution in [0.25, 0.3) is 0 Å². The Morgan fingerprint density at radius 3 is 2.80 bits per heavy atom. The molecule has 0 saturated heterocycles. The Labute approximate surface area is 119 Å². The number of carbonyl (C=O) groups is 2. The van der Waals surface area contributed by atoms with Crippen molar-refractivity contribution in [2.75, 3.05) is 5.75 Å². The van der Waals surface area contributed by atoms with Crippen molar-refractivity contribution < 1.29 is 19.1 Å². The molecule has 0 saturated carbocycles. The fraction of sp³-hybridized carbons (Fsp3) is 0.308. The number of hydrogen-bond donors (Lipinski definition) is 2. The highest BCUT2D eigenvalue weighted by Gasteiger charge is 2.18. The number of carboxylic acids is 1. The van der Waals surface area contributed by atoms with Crippen LogP contribution in [-0.2, 0) is 15.3 Å². The quantitative estimate of drug-likeness (QED) is 0.830. The number of rotatable bonds is 6. The van der Waals surface area contributed by atoms with Crippen molar-refractivity contribution in [3.05, 3.63) is 35.1 Å². The van der Waals surface area contributed by atoms with Gasteiger partial charge in [0, 0.05) is 18.4 Å². The maximum Gasteiger partial charge on any atom is 0.327 e. The number of carboxylic acid groups (broad SMARTS) is 1. The first-order chi connectivity index (χ1) is 9.43. The van der Waals surface area contributed by atoms with E-state index in [9.17, 15) is 14.0 Å². The third-order valence-electron chi connectivity index (χ3n) is 2.41. The van der Waals surface area contributed by atoms with Gasteiger partial charge in [-0.05, 0) is 17.7 Å². The van der Waals surface area contributed by atoms with Crippen molar-refractivity contribution in [3.8, 4) is 6.07 Å². The molecule has 2 N–H and O–H groups in total. The predicted octanol–water partition coefficient (Wildman–Crippen LogP) is 1.52. The molecule has 0 aliphatic carbocycles. The summed E-state index contributed by atoms with van der Waals surface area (Å²) in [7, 11) is 0. The molecule has 0 aliphatic rings. The molecule has 7 heteroatoms. The molecule has 0 spiro atoms. The Morgan fingerprint density at radius 1 is 1.55 bits per heavy atom. The molecular formula is C13H13FN2O3S. The van der Waals surface area contributed by atoms with Crippen LogP contribution in [0.3, 0.4) is 0 Å². The van der Waals surface area contributed by atoms with Crippen LogP contribution in [-0.4, -0.2) is 28.8 Å². The number of nitrogens with zero attached hydrogens (tertiary/aromatic N) is 1. The number of carbonyl (C=O) groups excluding carboxylic acids is 1.